The van der Waals surface area contributed by atoms with Gasteiger partial charge in [0.05, 0.1) is 11.3 Å². The zero-order chi connectivity index (χ0) is 15.2. The van der Waals surface area contributed by atoms with Crippen molar-refractivity contribution in [1.82, 2.24) is 0 Å². The molecule has 0 aliphatic carbocycles. The number of hydrogen-bond acceptors (Lipinski definition) is 2. The summed E-state index contributed by atoms with van der Waals surface area (Å²) in [7, 11) is 0. The molecule has 106 valence electrons. The van der Waals surface area contributed by atoms with E-state index in [4.69, 9.17) is 5.11 Å². The van der Waals surface area contributed by atoms with Crippen molar-refractivity contribution in [2.24, 2.45) is 0 Å². The number of aromatic carboxylic acids is 1. The van der Waals surface area contributed by atoms with E-state index in [2.05, 4.69) is 5.32 Å². The smallest absolute Gasteiger partial charge is 0.337 e. The molecule has 0 heterocycles. The maximum absolute atomic E-state index is 11.9. The molecule has 0 radical (unpaired) electrons. The Morgan fingerprint density at radius 2 is 1.71 bits per heavy atom. The molecular weight excluding hydrogens is 266 g/mol. The number of aryl methyl sites for hydroxylation is 1. The highest BCUT2D eigenvalue weighted by molar-refractivity contribution is 6.06. The SMILES string of the molecule is Cc1ccccc1/C=C/C(=O)Nc1ccccc1C(=O)O. The van der Waals surface area contributed by atoms with Gasteiger partial charge in [-0.3, -0.25) is 4.79 Å². The summed E-state index contributed by atoms with van der Waals surface area (Å²) in [5, 5.41) is 11.6. The Bertz CT molecular complexity index is 705. The molecule has 21 heavy (non-hydrogen) atoms. The van der Waals surface area contributed by atoms with Crippen molar-refractivity contribution in [3.63, 3.8) is 0 Å². The molecule has 2 aromatic carbocycles. The molecule has 4 nitrogen and oxygen atoms in total. The number of benzene rings is 2. The van der Waals surface area contributed by atoms with Gasteiger partial charge in [-0.2, -0.15) is 0 Å². The number of hydrogen-bond donors (Lipinski definition) is 2. The molecule has 0 saturated carbocycles. The fourth-order valence-electron chi connectivity index (χ4n) is 1.89. The van der Waals surface area contributed by atoms with Gasteiger partial charge < -0.3 is 10.4 Å². The third-order valence-electron chi connectivity index (χ3n) is 3.02. The summed E-state index contributed by atoms with van der Waals surface area (Å²) in [5.41, 5.74) is 2.35. The predicted octanol–water partition coefficient (Wildman–Crippen LogP) is 3.35. The number of para-hydroxylation sites is 1. The number of carboxylic acid groups (broad SMARTS) is 1. The van der Waals surface area contributed by atoms with Crippen LogP contribution >= 0.6 is 0 Å². The average molecular weight is 281 g/mol. The van der Waals surface area contributed by atoms with Crippen molar-refractivity contribution in [2.75, 3.05) is 5.32 Å². The molecule has 0 bridgehead atoms. The second-order valence-corrected chi connectivity index (χ2v) is 4.53. The summed E-state index contributed by atoms with van der Waals surface area (Å²) in [6.45, 7) is 1.96. The first kappa shape index (κ1) is 14.5. The fraction of sp³-hybridized carbons (Fsp3) is 0.0588. The van der Waals surface area contributed by atoms with Crippen LogP contribution in [0.1, 0.15) is 21.5 Å². The molecule has 2 N–H and O–H groups in total. The molecule has 2 aromatic rings. The molecule has 0 fully saturated rings. The Labute approximate surface area is 122 Å². The number of carbonyl (C=O) groups is 2. The van der Waals surface area contributed by atoms with Crippen LogP contribution < -0.4 is 5.32 Å². The van der Waals surface area contributed by atoms with Crippen LogP contribution in [-0.2, 0) is 4.79 Å². The van der Waals surface area contributed by atoms with E-state index in [1.54, 1.807) is 24.3 Å². The number of amides is 1. The minimum Gasteiger partial charge on any atom is -0.478 e. The van der Waals surface area contributed by atoms with Gasteiger partial charge in [-0.15, -0.1) is 0 Å². The summed E-state index contributed by atoms with van der Waals surface area (Å²) in [4.78, 5) is 22.9. The van der Waals surface area contributed by atoms with Crippen LogP contribution in [0.5, 0.6) is 0 Å². The zero-order valence-corrected chi connectivity index (χ0v) is 11.5. The first-order valence-electron chi connectivity index (χ1n) is 6.45. The Morgan fingerprint density at radius 1 is 1.05 bits per heavy atom. The van der Waals surface area contributed by atoms with Crippen molar-refractivity contribution >= 4 is 23.6 Å². The highest BCUT2D eigenvalue weighted by Crippen LogP contribution is 2.15. The maximum atomic E-state index is 11.9. The second-order valence-electron chi connectivity index (χ2n) is 4.53. The summed E-state index contributed by atoms with van der Waals surface area (Å²) < 4.78 is 0. The van der Waals surface area contributed by atoms with Crippen LogP contribution in [0.4, 0.5) is 5.69 Å². The lowest BCUT2D eigenvalue weighted by Gasteiger charge is -2.06. The second kappa shape index (κ2) is 6.52. The third-order valence-corrected chi connectivity index (χ3v) is 3.02. The summed E-state index contributed by atoms with van der Waals surface area (Å²) in [6.07, 6.45) is 3.09. The number of nitrogens with one attached hydrogen (secondary N) is 1. The highest BCUT2D eigenvalue weighted by atomic mass is 16.4. The molecule has 0 saturated heterocycles. The lowest BCUT2D eigenvalue weighted by Crippen LogP contribution is -2.11. The van der Waals surface area contributed by atoms with Gasteiger partial charge in [0.2, 0.25) is 5.91 Å². The standard InChI is InChI=1S/C17H15NO3/c1-12-6-2-3-7-13(12)10-11-16(19)18-15-9-5-4-8-14(15)17(20)21/h2-11H,1H3,(H,18,19)(H,20,21)/b11-10+. The third kappa shape index (κ3) is 3.79. The lowest BCUT2D eigenvalue weighted by atomic mass is 10.1. The zero-order valence-electron chi connectivity index (χ0n) is 11.5. The van der Waals surface area contributed by atoms with E-state index in [1.165, 1.54) is 12.1 Å². The highest BCUT2D eigenvalue weighted by Gasteiger charge is 2.10. The van der Waals surface area contributed by atoms with Crippen LogP contribution in [0.2, 0.25) is 0 Å². The van der Waals surface area contributed by atoms with Crippen molar-refractivity contribution in [3.8, 4) is 0 Å². The molecule has 0 aliphatic rings. The van der Waals surface area contributed by atoms with E-state index in [-0.39, 0.29) is 17.2 Å². The maximum Gasteiger partial charge on any atom is 0.337 e. The summed E-state index contributed by atoms with van der Waals surface area (Å²) >= 11 is 0. The van der Waals surface area contributed by atoms with Crippen LogP contribution in [0.3, 0.4) is 0 Å². The summed E-state index contributed by atoms with van der Waals surface area (Å²) in [5.74, 6) is -1.44. The van der Waals surface area contributed by atoms with Crippen molar-refractivity contribution in [2.45, 2.75) is 6.92 Å². The Morgan fingerprint density at radius 3 is 2.43 bits per heavy atom. The van der Waals surface area contributed by atoms with Gasteiger partial charge in [0.15, 0.2) is 0 Å². The molecule has 0 aliphatic heterocycles. The quantitative estimate of drug-likeness (QED) is 0.845. The van der Waals surface area contributed by atoms with E-state index < -0.39 is 5.97 Å². The van der Waals surface area contributed by atoms with Crippen molar-refractivity contribution in [1.29, 1.82) is 0 Å². The number of rotatable bonds is 4. The Hall–Kier alpha value is -2.88. The van der Waals surface area contributed by atoms with Crippen molar-refractivity contribution < 1.29 is 14.7 Å². The van der Waals surface area contributed by atoms with Crippen LogP contribution in [0.15, 0.2) is 54.6 Å². The largest absolute Gasteiger partial charge is 0.478 e. The van der Waals surface area contributed by atoms with Gasteiger partial charge >= 0.3 is 5.97 Å². The van der Waals surface area contributed by atoms with Crippen LogP contribution in [0, 0.1) is 6.92 Å². The molecule has 1 amide bonds. The molecule has 0 unspecified atom stereocenters. The minimum absolute atomic E-state index is 0.0649. The molecule has 0 spiro atoms. The fourth-order valence-corrected chi connectivity index (χ4v) is 1.89. The normalized spacial score (nSPS) is 10.5. The van der Waals surface area contributed by atoms with E-state index >= 15 is 0 Å². The van der Waals surface area contributed by atoms with Gasteiger partial charge in [-0.1, -0.05) is 36.4 Å². The molecule has 0 aromatic heterocycles. The van der Waals surface area contributed by atoms with Gasteiger partial charge in [-0.25, -0.2) is 4.79 Å². The number of carboxylic acids is 1. The Balaban J connectivity index is 2.13. The van der Waals surface area contributed by atoms with Gasteiger partial charge in [0, 0.05) is 6.08 Å². The predicted molar refractivity (Wildman–Crippen MR) is 82.2 cm³/mol. The molecular formula is C17H15NO3. The minimum atomic E-state index is -1.08. The van der Waals surface area contributed by atoms with E-state index in [0.29, 0.717) is 0 Å². The van der Waals surface area contributed by atoms with E-state index in [1.807, 2.05) is 31.2 Å². The van der Waals surface area contributed by atoms with Crippen LogP contribution in [0.25, 0.3) is 6.08 Å². The van der Waals surface area contributed by atoms with E-state index in [9.17, 15) is 9.59 Å². The first-order valence-corrected chi connectivity index (χ1v) is 6.45. The van der Waals surface area contributed by atoms with Crippen molar-refractivity contribution in [3.05, 3.63) is 71.3 Å². The van der Waals surface area contributed by atoms with Crippen LogP contribution in [-0.4, -0.2) is 17.0 Å². The van der Waals surface area contributed by atoms with Gasteiger partial charge in [-0.05, 0) is 36.3 Å². The van der Waals surface area contributed by atoms with Gasteiger partial charge in [0.1, 0.15) is 0 Å². The molecule has 2 rings (SSSR count). The summed E-state index contributed by atoms with van der Waals surface area (Å²) in [6, 6.07) is 14.0. The monoisotopic (exact) mass is 281 g/mol. The van der Waals surface area contributed by atoms with E-state index in [0.717, 1.165) is 11.1 Å². The molecule has 4 heteroatoms. The topological polar surface area (TPSA) is 66.4 Å². The number of carbonyl (C=O) groups excluding carboxylic acids is 1. The Kier molecular flexibility index (Phi) is 4.51. The average Bonchev–Trinajstić information content (AvgIpc) is 2.47. The number of anilines is 1. The lowest BCUT2D eigenvalue weighted by molar-refractivity contribution is -0.111. The van der Waals surface area contributed by atoms with Gasteiger partial charge in [0.25, 0.3) is 0 Å². The first-order chi connectivity index (χ1) is 10.1. The molecule has 0 atom stereocenters.